The Hall–Kier alpha value is -1.48. The summed E-state index contributed by atoms with van der Waals surface area (Å²) < 4.78 is 6.86. The van der Waals surface area contributed by atoms with E-state index in [0.29, 0.717) is 5.16 Å². The van der Waals surface area contributed by atoms with Crippen LogP contribution < -0.4 is 0 Å². The van der Waals surface area contributed by atoms with Crippen molar-refractivity contribution in [3.05, 3.63) is 22.3 Å². The second-order valence-electron chi connectivity index (χ2n) is 3.57. The number of hydrogen-bond acceptors (Lipinski definition) is 7. The van der Waals surface area contributed by atoms with Crippen LogP contribution in [0.25, 0.3) is 0 Å². The predicted molar refractivity (Wildman–Crippen MR) is 70.6 cm³/mol. The summed E-state index contributed by atoms with van der Waals surface area (Å²) in [6, 6.07) is 1.95. The molecule has 0 atom stereocenters. The first-order valence-electron chi connectivity index (χ1n) is 5.23. The highest BCUT2D eigenvalue weighted by molar-refractivity contribution is 9.10. The van der Waals surface area contributed by atoms with Gasteiger partial charge in [0.25, 0.3) is 0 Å². The molecule has 0 amide bonds. The van der Waals surface area contributed by atoms with Crippen LogP contribution in [0.15, 0.2) is 26.9 Å². The lowest BCUT2D eigenvalue weighted by molar-refractivity contribution is -0.141. The molecule has 0 aliphatic carbocycles. The number of carbonyl (C=O) groups is 1. The maximum absolute atomic E-state index is 11.2. The summed E-state index contributed by atoms with van der Waals surface area (Å²) in [5, 5.41) is 12.4. The van der Waals surface area contributed by atoms with Crippen LogP contribution in [-0.2, 0) is 16.1 Å². The first-order valence-corrected chi connectivity index (χ1v) is 6.84. The van der Waals surface area contributed by atoms with E-state index >= 15 is 0 Å². The van der Waals surface area contributed by atoms with Gasteiger partial charge in [0.15, 0.2) is 0 Å². The van der Waals surface area contributed by atoms with Crippen molar-refractivity contribution in [1.82, 2.24) is 25.2 Å². The van der Waals surface area contributed by atoms with Crippen LogP contribution in [-0.4, -0.2) is 38.3 Å². The van der Waals surface area contributed by atoms with Gasteiger partial charge in [-0.3, -0.25) is 4.79 Å². The molecule has 0 bridgehead atoms. The van der Waals surface area contributed by atoms with Crippen LogP contribution in [0.3, 0.4) is 0 Å². The van der Waals surface area contributed by atoms with Crippen molar-refractivity contribution < 1.29 is 9.53 Å². The molecule has 9 heteroatoms. The Morgan fingerprint density at radius 3 is 3.05 bits per heavy atom. The molecule has 0 saturated carbocycles. The lowest BCUT2D eigenvalue weighted by Crippen LogP contribution is -2.13. The number of halogens is 1. The maximum Gasteiger partial charge on any atom is 0.327 e. The lowest BCUT2D eigenvalue weighted by atomic mass is 10.3. The molecule has 100 valence electrons. The van der Waals surface area contributed by atoms with Gasteiger partial charge in [-0.25, -0.2) is 9.67 Å². The highest BCUT2D eigenvalue weighted by Crippen LogP contribution is 2.27. The zero-order valence-corrected chi connectivity index (χ0v) is 12.6. The van der Waals surface area contributed by atoms with Crippen molar-refractivity contribution in [1.29, 1.82) is 0 Å². The second-order valence-corrected chi connectivity index (χ2v) is 5.44. The van der Waals surface area contributed by atoms with E-state index in [9.17, 15) is 4.79 Å². The maximum atomic E-state index is 11.2. The van der Waals surface area contributed by atoms with E-state index < -0.39 is 5.97 Å². The van der Waals surface area contributed by atoms with Crippen LogP contribution in [0.4, 0.5) is 0 Å². The molecule has 7 nitrogen and oxygen atoms in total. The highest BCUT2D eigenvalue weighted by Gasteiger charge is 2.13. The van der Waals surface area contributed by atoms with E-state index in [-0.39, 0.29) is 6.54 Å². The predicted octanol–water partition coefficient (Wildman–Crippen LogP) is 1.46. The fourth-order valence-corrected chi connectivity index (χ4v) is 2.50. The monoisotopic (exact) mass is 343 g/mol. The quantitative estimate of drug-likeness (QED) is 0.777. The van der Waals surface area contributed by atoms with Gasteiger partial charge in [-0.2, -0.15) is 0 Å². The van der Waals surface area contributed by atoms with Crippen molar-refractivity contribution in [3.63, 3.8) is 0 Å². The lowest BCUT2D eigenvalue weighted by Gasteiger charge is -2.05. The molecule has 0 saturated heterocycles. The summed E-state index contributed by atoms with van der Waals surface area (Å²) in [5.41, 5.74) is 0.993. The van der Waals surface area contributed by atoms with Gasteiger partial charge in [0.2, 0.25) is 5.16 Å². The number of hydrogen-bond donors (Lipinski definition) is 0. The molecule has 2 aromatic rings. The van der Waals surface area contributed by atoms with Crippen molar-refractivity contribution in [2.24, 2.45) is 0 Å². The normalized spacial score (nSPS) is 10.5. The molecule has 0 radical (unpaired) electrons. The van der Waals surface area contributed by atoms with Crippen molar-refractivity contribution in [2.45, 2.75) is 23.7 Å². The summed E-state index contributed by atoms with van der Waals surface area (Å²) in [7, 11) is 1.32. The Labute approximate surface area is 121 Å². The molecule has 2 aromatic heterocycles. The van der Waals surface area contributed by atoms with E-state index in [2.05, 4.69) is 41.2 Å². The smallest absolute Gasteiger partial charge is 0.327 e. The van der Waals surface area contributed by atoms with Crippen molar-refractivity contribution in [3.8, 4) is 0 Å². The first kappa shape index (κ1) is 13.9. The SMILES string of the molecule is COC(=O)Cn1nnnc1Sc1ncc(Br)cc1C. The van der Waals surface area contributed by atoms with E-state index in [1.807, 2.05) is 13.0 Å². The topological polar surface area (TPSA) is 82.8 Å². The number of tetrazole rings is 1. The third kappa shape index (κ3) is 3.51. The molecule has 0 unspecified atom stereocenters. The van der Waals surface area contributed by atoms with Gasteiger partial charge >= 0.3 is 5.97 Å². The molecule has 0 fully saturated rings. The van der Waals surface area contributed by atoms with E-state index in [1.54, 1.807) is 6.20 Å². The standard InChI is InChI=1S/C10H10BrN5O2S/c1-6-3-7(11)4-12-9(6)19-10-13-14-15-16(10)5-8(17)18-2/h3-4H,5H2,1-2H3. The molecule has 0 aliphatic heterocycles. The molecule has 0 aromatic carbocycles. The number of rotatable bonds is 4. The van der Waals surface area contributed by atoms with E-state index in [0.717, 1.165) is 15.1 Å². The summed E-state index contributed by atoms with van der Waals surface area (Å²) in [4.78, 5) is 15.5. The number of methoxy groups -OCH3 is 1. The number of pyridine rings is 1. The molecule has 0 N–H and O–H groups in total. The van der Waals surface area contributed by atoms with Crippen LogP contribution in [0, 0.1) is 6.92 Å². The third-order valence-electron chi connectivity index (χ3n) is 2.19. The first-order chi connectivity index (χ1) is 9.10. The minimum absolute atomic E-state index is 0.0264. The van der Waals surface area contributed by atoms with Crippen molar-refractivity contribution in [2.75, 3.05) is 7.11 Å². The zero-order valence-electron chi connectivity index (χ0n) is 10.2. The molecule has 2 heterocycles. The van der Waals surface area contributed by atoms with Crippen LogP contribution >= 0.6 is 27.7 Å². The van der Waals surface area contributed by atoms with Crippen LogP contribution in [0.5, 0.6) is 0 Å². The third-order valence-corrected chi connectivity index (χ3v) is 3.72. The Bertz CT molecular complexity index is 603. The fourth-order valence-electron chi connectivity index (χ4n) is 1.28. The van der Waals surface area contributed by atoms with Gasteiger partial charge in [0, 0.05) is 10.7 Å². The van der Waals surface area contributed by atoms with Gasteiger partial charge in [-0.15, -0.1) is 5.10 Å². The van der Waals surface area contributed by atoms with Gasteiger partial charge in [-0.1, -0.05) is 0 Å². The largest absolute Gasteiger partial charge is 0.468 e. The van der Waals surface area contributed by atoms with Gasteiger partial charge in [-0.05, 0) is 56.7 Å². The Kier molecular flexibility index (Phi) is 4.48. The summed E-state index contributed by atoms with van der Waals surface area (Å²) in [5.74, 6) is -0.408. The minimum atomic E-state index is -0.408. The molecule has 0 aliphatic rings. The van der Waals surface area contributed by atoms with Crippen LogP contribution in [0.1, 0.15) is 5.56 Å². The zero-order chi connectivity index (χ0) is 13.8. The Morgan fingerprint density at radius 2 is 2.37 bits per heavy atom. The highest BCUT2D eigenvalue weighted by atomic mass is 79.9. The summed E-state index contributed by atoms with van der Waals surface area (Å²) >= 11 is 4.65. The minimum Gasteiger partial charge on any atom is -0.468 e. The van der Waals surface area contributed by atoms with E-state index in [1.165, 1.54) is 23.6 Å². The molecular weight excluding hydrogens is 334 g/mol. The van der Waals surface area contributed by atoms with E-state index in [4.69, 9.17) is 0 Å². The van der Waals surface area contributed by atoms with Gasteiger partial charge in [0.05, 0.1) is 7.11 Å². The number of ether oxygens (including phenoxy) is 1. The molecule has 19 heavy (non-hydrogen) atoms. The fraction of sp³-hybridized carbons (Fsp3) is 0.300. The number of nitrogens with zero attached hydrogens (tertiary/aromatic N) is 5. The van der Waals surface area contributed by atoms with Gasteiger partial charge in [0.1, 0.15) is 11.6 Å². The van der Waals surface area contributed by atoms with Crippen LogP contribution in [0.2, 0.25) is 0 Å². The van der Waals surface area contributed by atoms with Crippen molar-refractivity contribution >= 4 is 33.7 Å². The number of aromatic nitrogens is 5. The molecule has 2 rings (SSSR count). The number of aryl methyl sites for hydroxylation is 1. The Morgan fingerprint density at radius 1 is 1.58 bits per heavy atom. The number of esters is 1. The number of carbonyl (C=O) groups excluding carboxylic acids is 1. The average molecular weight is 344 g/mol. The second kappa shape index (κ2) is 6.11. The summed E-state index contributed by atoms with van der Waals surface area (Å²) in [6.07, 6.45) is 1.70. The van der Waals surface area contributed by atoms with Gasteiger partial charge < -0.3 is 4.74 Å². The average Bonchev–Trinajstić information content (AvgIpc) is 2.80. The molecule has 0 spiro atoms. The summed E-state index contributed by atoms with van der Waals surface area (Å²) in [6.45, 7) is 1.91. The molecular formula is C10H10BrN5O2S. The Balaban J connectivity index is 2.19.